The van der Waals surface area contributed by atoms with Crippen LogP contribution in [0.5, 0.6) is 0 Å². The Hall–Kier alpha value is -1.39. The molecule has 0 radical (unpaired) electrons. The Morgan fingerprint density at radius 2 is 2.00 bits per heavy atom. The van der Waals surface area contributed by atoms with Gasteiger partial charge in [0.2, 0.25) is 0 Å². The van der Waals surface area contributed by atoms with E-state index in [1.54, 1.807) is 11.3 Å². The number of benzene rings is 1. The van der Waals surface area contributed by atoms with Crippen molar-refractivity contribution in [3.05, 3.63) is 46.5 Å². The summed E-state index contributed by atoms with van der Waals surface area (Å²) in [5.74, 6) is 0. The van der Waals surface area contributed by atoms with Crippen molar-refractivity contribution in [2.75, 3.05) is 11.9 Å². The van der Waals surface area contributed by atoms with Crippen LogP contribution in [0.4, 0.5) is 5.13 Å². The second-order valence-electron chi connectivity index (χ2n) is 4.43. The number of nitrogens with zero attached hydrogens (tertiary/aromatic N) is 1. The summed E-state index contributed by atoms with van der Waals surface area (Å²) in [5.41, 5.74) is 8.22. The molecular formula is C14H19N3S. The zero-order valence-electron chi connectivity index (χ0n) is 10.8. The lowest BCUT2D eigenvalue weighted by atomic mass is 10.1. The highest BCUT2D eigenvalue weighted by Gasteiger charge is 2.10. The number of hydrogen-bond donors (Lipinski definition) is 2. The molecule has 18 heavy (non-hydrogen) atoms. The van der Waals surface area contributed by atoms with Crippen molar-refractivity contribution in [1.29, 1.82) is 0 Å². The van der Waals surface area contributed by atoms with Crippen LogP contribution in [-0.4, -0.2) is 17.6 Å². The Balaban J connectivity index is 2.01. The van der Waals surface area contributed by atoms with Crippen LogP contribution in [0, 0.1) is 13.8 Å². The normalized spacial score (nSPS) is 12.4. The van der Waals surface area contributed by atoms with Crippen LogP contribution in [0.1, 0.15) is 16.1 Å². The van der Waals surface area contributed by atoms with Crippen LogP contribution in [0.15, 0.2) is 30.3 Å². The van der Waals surface area contributed by atoms with Gasteiger partial charge >= 0.3 is 0 Å². The van der Waals surface area contributed by atoms with Gasteiger partial charge in [-0.1, -0.05) is 30.3 Å². The molecule has 0 saturated heterocycles. The maximum absolute atomic E-state index is 5.83. The lowest BCUT2D eigenvalue weighted by Crippen LogP contribution is -2.30. The predicted octanol–water partition coefficient (Wildman–Crippen LogP) is 2.74. The van der Waals surface area contributed by atoms with Gasteiger partial charge < -0.3 is 11.1 Å². The third kappa shape index (κ3) is 3.31. The van der Waals surface area contributed by atoms with Crippen molar-refractivity contribution in [3.8, 4) is 0 Å². The zero-order chi connectivity index (χ0) is 13.0. The maximum Gasteiger partial charge on any atom is 0.183 e. The van der Waals surface area contributed by atoms with Gasteiger partial charge in [0.25, 0.3) is 0 Å². The van der Waals surface area contributed by atoms with Crippen LogP contribution in [-0.2, 0) is 6.42 Å². The van der Waals surface area contributed by atoms with Crippen molar-refractivity contribution in [1.82, 2.24) is 4.98 Å². The van der Waals surface area contributed by atoms with E-state index in [4.69, 9.17) is 5.73 Å². The van der Waals surface area contributed by atoms with Gasteiger partial charge in [0.15, 0.2) is 5.13 Å². The molecule has 1 unspecified atom stereocenters. The number of hydrogen-bond acceptors (Lipinski definition) is 4. The minimum atomic E-state index is 0.234. The molecule has 2 aromatic rings. The Bertz CT molecular complexity index is 473. The van der Waals surface area contributed by atoms with E-state index in [1.807, 2.05) is 13.0 Å². The molecule has 1 heterocycles. The molecule has 1 aromatic carbocycles. The van der Waals surface area contributed by atoms with Crippen molar-refractivity contribution in [2.45, 2.75) is 26.3 Å². The molecular weight excluding hydrogens is 242 g/mol. The smallest absolute Gasteiger partial charge is 0.183 e. The lowest BCUT2D eigenvalue weighted by molar-refractivity contribution is 0.722. The first kappa shape index (κ1) is 13.1. The average molecular weight is 261 g/mol. The Kier molecular flexibility index (Phi) is 4.33. The van der Waals surface area contributed by atoms with E-state index < -0.39 is 0 Å². The van der Waals surface area contributed by atoms with E-state index in [2.05, 4.69) is 41.5 Å². The summed E-state index contributed by atoms with van der Waals surface area (Å²) < 4.78 is 0. The van der Waals surface area contributed by atoms with Crippen LogP contribution < -0.4 is 11.1 Å². The molecule has 4 heteroatoms. The summed E-state index contributed by atoms with van der Waals surface area (Å²) in [6.45, 7) is 4.73. The molecule has 1 aromatic heterocycles. The number of nitrogens with two attached hydrogens (primary N) is 1. The van der Waals surface area contributed by atoms with Gasteiger partial charge in [-0.2, -0.15) is 0 Å². The van der Waals surface area contributed by atoms with Gasteiger partial charge in [-0.15, -0.1) is 11.3 Å². The Morgan fingerprint density at radius 3 is 2.56 bits per heavy atom. The summed E-state index contributed by atoms with van der Waals surface area (Å²) in [5, 5.41) is 4.39. The van der Waals surface area contributed by atoms with Gasteiger partial charge in [-0.25, -0.2) is 4.98 Å². The molecule has 0 aliphatic carbocycles. The highest BCUT2D eigenvalue weighted by Crippen LogP contribution is 2.22. The van der Waals surface area contributed by atoms with Gasteiger partial charge in [0.05, 0.1) is 5.69 Å². The first-order chi connectivity index (χ1) is 8.69. The Morgan fingerprint density at radius 1 is 1.28 bits per heavy atom. The van der Waals surface area contributed by atoms with Gasteiger partial charge in [0, 0.05) is 17.5 Å². The summed E-state index contributed by atoms with van der Waals surface area (Å²) >= 11 is 1.69. The first-order valence-corrected chi connectivity index (χ1v) is 6.95. The SMILES string of the molecule is Cc1nc(NC(CN)Cc2ccccc2)sc1C. The average Bonchev–Trinajstić information content (AvgIpc) is 2.69. The minimum Gasteiger partial charge on any atom is -0.357 e. The fraction of sp³-hybridized carbons (Fsp3) is 0.357. The van der Waals surface area contributed by atoms with E-state index >= 15 is 0 Å². The predicted molar refractivity (Wildman–Crippen MR) is 78.2 cm³/mol. The molecule has 0 amide bonds. The molecule has 1 atom stereocenters. The van der Waals surface area contributed by atoms with Crippen molar-refractivity contribution >= 4 is 16.5 Å². The summed E-state index contributed by atoms with van der Waals surface area (Å²) in [6.07, 6.45) is 0.926. The van der Waals surface area contributed by atoms with E-state index in [0.29, 0.717) is 6.54 Å². The summed E-state index contributed by atoms with van der Waals surface area (Å²) in [4.78, 5) is 5.75. The highest BCUT2D eigenvalue weighted by molar-refractivity contribution is 7.15. The van der Waals surface area contributed by atoms with Crippen molar-refractivity contribution in [2.24, 2.45) is 5.73 Å². The van der Waals surface area contributed by atoms with E-state index in [-0.39, 0.29) is 6.04 Å². The maximum atomic E-state index is 5.83. The largest absolute Gasteiger partial charge is 0.357 e. The van der Waals surface area contributed by atoms with Crippen LogP contribution in [0.2, 0.25) is 0 Å². The number of rotatable bonds is 5. The quantitative estimate of drug-likeness (QED) is 0.870. The van der Waals surface area contributed by atoms with Gasteiger partial charge in [-0.3, -0.25) is 0 Å². The van der Waals surface area contributed by atoms with E-state index in [9.17, 15) is 0 Å². The second-order valence-corrected chi connectivity index (χ2v) is 5.63. The third-order valence-electron chi connectivity index (χ3n) is 2.97. The van der Waals surface area contributed by atoms with E-state index in [0.717, 1.165) is 17.2 Å². The van der Waals surface area contributed by atoms with Crippen LogP contribution in [0.3, 0.4) is 0 Å². The zero-order valence-corrected chi connectivity index (χ0v) is 11.6. The molecule has 96 valence electrons. The molecule has 0 bridgehead atoms. The molecule has 0 aliphatic heterocycles. The molecule has 0 saturated carbocycles. The van der Waals surface area contributed by atoms with E-state index in [1.165, 1.54) is 10.4 Å². The number of thiazole rings is 1. The molecule has 3 nitrogen and oxygen atoms in total. The van der Waals surface area contributed by atoms with Gasteiger partial charge in [-0.05, 0) is 25.8 Å². The summed E-state index contributed by atoms with van der Waals surface area (Å²) in [6, 6.07) is 10.6. The molecule has 0 spiro atoms. The molecule has 3 N–H and O–H groups in total. The number of aromatic nitrogens is 1. The fourth-order valence-electron chi connectivity index (χ4n) is 1.80. The topological polar surface area (TPSA) is 50.9 Å². The van der Waals surface area contributed by atoms with Crippen LogP contribution in [0.25, 0.3) is 0 Å². The number of aryl methyl sites for hydroxylation is 2. The van der Waals surface area contributed by atoms with Crippen molar-refractivity contribution < 1.29 is 0 Å². The van der Waals surface area contributed by atoms with Gasteiger partial charge in [0.1, 0.15) is 0 Å². The summed E-state index contributed by atoms with van der Waals surface area (Å²) in [7, 11) is 0. The standard InChI is InChI=1S/C14H19N3S/c1-10-11(2)18-14(16-10)17-13(9-15)8-12-6-4-3-5-7-12/h3-7,13H,8-9,15H2,1-2H3,(H,16,17). The molecule has 2 rings (SSSR count). The minimum absolute atomic E-state index is 0.234. The molecule has 0 fully saturated rings. The third-order valence-corrected chi connectivity index (χ3v) is 3.97. The van der Waals surface area contributed by atoms with Crippen molar-refractivity contribution in [3.63, 3.8) is 0 Å². The Labute approximate surface area is 112 Å². The highest BCUT2D eigenvalue weighted by atomic mass is 32.1. The van der Waals surface area contributed by atoms with Crippen LogP contribution >= 0.6 is 11.3 Å². The second kappa shape index (κ2) is 5.98. The first-order valence-electron chi connectivity index (χ1n) is 6.13. The number of anilines is 1. The monoisotopic (exact) mass is 261 g/mol. The molecule has 0 aliphatic rings. The fourth-order valence-corrected chi connectivity index (χ4v) is 2.69. The lowest BCUT2D eigenvalue weighted by Gasteiger charge is -2.16. The number of nitrogens with one attached hydrogen (secondary N) is 1.